The maximum atomic E-state index is 13.2. The molecule has 1 aromatic heterocycles. The van der Waals surface area contributed by atoms with Crippen LogP contribution in [0.5, 0.6) is 0 Å². The molecule has 2 saturated heterocycles. The van der Waals surface area contributed by atoms with Crippen molar-refractivity contribution >= 4 is 23.2 Å². The van der Waals surface area contributed by atoms with Gasteiger partial charge in [0, 0.05) is 50.9 Å². The number of carbonyl (C=O) groups is 2. The fourth-order valence-corrected chi connectivity index (χ4v) is 5.29. The lowest BCUT2D eigenvalue weighted by molar-refractivity contribution is -0.137. The predicted molar refractivity (Wildman–Crippen MR) is 128 cm³/mol. The highest BCUT2D eigenvalue weighted by molar-refractivity contribution is 7.12. The summed E-state index contributed by atoms with van der Waals surface area (Å²) in [6, 6.07) is 14.7. The van der Waals surface area contributed by atoms with Crippen molar-refractivity contribution in [2.45, 2.75) is 12.2 Å². The zero-order valence-corrected chi connectivity index (χ0v) is 20.0. The molecule has 0 atom stereocenters. The molecule has 0 bridgehead atoms. The number of alkyl halides is 3. The lowest BCUT2D eigenvalue weighted by Crippen LogP contribution is -2.64. The van der Waals surface area contributed by atoms with Crippen LogP contribution in [-0.4, -0.2) is 71.8 Å². The van der Waals surface area contributed by atoms with Crippen LogP contribution in [0.25, 0.3) is 11.1 Å². The summed E-state index contributed by atoms with van der Waals surface area (Å²) in [7, 11) is 0. The number of hydrogen-bond donors (Lipinski definition) is 0. The van der Waals surface area contributed by atoms with E-state index in [4.69, 9.17) is 0 Å². The summed E-state index contributed by atoms with van der Waals surface area (Å²) in [5.41, 5.74) is 0.826. The highest BCUT2D eigenvalue weighted by atomic mass is 32.1. The Kier molecular flexibility index (Phi) is 6.57. The molecule has 2 aliphatic rings. The van der Waals surface area contributed by atoms with E-state index in [0.29, 0.717) is 60.8 Å². The number of thiophene rings is 1. The van der Waals surface area contributed by atoms with Gasteiger partial charge in [0.05, 0.1) is 10.4 Å². The molecule has 5 nitrogen and oxygen atoms in total. The minimum Gasteiger partial charge on any atom is -0.335 e. The Morgan fingerprint density at radius 1 is 0.806 bits per heavy atom. The second kappa shape index (κ2) is 9.67. The van der Waals surface area contributed by atoms with Gasteiger partial charge in [0.1, 0.15) is 0 Å². The number of piperazine rings is 1. The van der Waals surface area contributed by atoms with Gasteiger partial charge in [-0.05, 0) is 47.5 Å². The van der Waals surface area contributed by atoms with Crippen LogP contribution in [-0.2, 0) is 6.18 Å². The van der Waals surface area contributed by atoms with Gasteiger partial charge in [0.25, 0.3) is 11.8 Å². The number of halogens is 4. The first kappa shape index (κ1) is 24.5. The van der Waals surface area contributed by atoms with Crippen LogP contribution < -0.4 is 0 Å². The van der Waals surface area contributed by atoms with Gasteiger partial charge in [-0.2, -0.15) is 17.6 Å². The van der Waals surface area contributed by atoms with Crippen molar-refractivity contribution < 1.29 is 27.2 Å². The fourth-order valence-electron chi connectivity index (χ4n) is 4.59. The quantitative estimate of drug-likeness (QED) is 0.465. The van der Waals surface area contributed by atoms with E-state index in [1.165, 1.54) is 18.2 Å². The molecule has 0 spiro atoms. The molecule has 2 fully saturated rings. The van der Waals surface area contributed by atoms with Crippen LogP contribution in [0, 0.1) is 5.13 Å². The minimum atomic E-state index is -4.41. The zero-order valence-electron chi connectivity index (χ0n) is 19.2. The van der Waals surface area contributed by atoms with Crippen molar-refractivity contribution in [3.8, 4) is 11.1 Å². The second-order valence-electron chi connectivity index (χ2n) is 8.95. The van der Waals surface area contributed by atoms with Gasteiger partial charge >= 0.3 is 6.18 Å². The van der Waals surface area contributed by atoms with E-state index in [0.717, 1.165) is 23.5 Å². The Hall–Kier alpha value is -3.24. The number of likely N-dealkylation sites (tertiary alicyclic amines) is 1. The zero-order chi connectivity index (χ0) is 25.4. The van der Waals surface area contributed by atoms with Crippen LogP contribution in [0.2, 0.25) is 0 Å². The third-order valence-electron chi connectivity index (χ3n) is 6.71. The first-order valence-corrected chi connectivity index (χ1v) is 12.4. The average Bonchev–Trinajstić information content (AvgIpc) is 3.29. The summed E-state index contributed by atoms with van der Waals surface area (Å²) in [4.78, 5) is 31.5. The summed E-state index contributed by atoms with van der Waals surface area (Å²) in [6.07, 6.45) is -4.41. The molecule has 2 amide bonds. The Labute approximate surface area is 209 Å². The predicted octanol–water partition coefficient (Wildman–Crippen LogP) is 4.86. The van der Waals surface area contributed by atoms with Crippen molar-refractivity contribution in [2.75, 3.05) is 39.3 Å². The summed E-state index contributed by atoms with van der Waals surface area (Å²) < 4.78 is 52.2. The van der Waals surface area contributed by atoms with Crippen LogP contribution in [0.1, 0.15) is 25.6 Å². The van der Waals surface area contributed by atoms with Crippen molar-refractivity contribution in [3.05, 3.63) is 81.8 Å². The van der Waals surface area contributed by atoms with Gasteiger partial charge in [-0.15, -0.1) is 11.3 Å². The number of hydrogen-bond acceptors (Lipinski definition) is 4. The van der Waals surface area contributed by atoms with Crippen LogP contribution in [0.3, 0.4) is 0 Å². The van der Waals surface area contributed by atoms with Gasteiger partial charge in [-0.25, -0.2) is 0 Å². The normalized spacial score (nSPS) is 17.2. The smallest absolute Gasteiger partial charge is 0.335 e. The Bertz CT molecular complexity index is 1260. The van der Waals surface area contributed by atoms with Crippen molar-refractivity contribution in [1.82, 2.24) is 14.7 Å². The Balaban J connectivity index is 1.13. The highest BCUT2D eigenvalue weighted by Gasteiger charge is 2.37. The molecule has 2 aliphatic heterocycles. The maximum absolute atomic E-state index is 13.2. The fraction of sp³-hybridized carbons (Fsp3) is 0.308. The average molecular weight is 518 g/mol. The first-order valence-electron chi connectivity index (χ1n) is 11.5. The first-order chi connectivity index (χ1) is 17.2. The molecule has 188 valence electrons. The van der Waals surface area contributed by atoms with Crippen LogP contribution in [0.15, 0.2) is 60.7 Å². The molecular formula is C26H23F4N3O2S. The summed E-state index contributed by atoms with van der Waals surface area (Å²) in [5.74, 6) is -0.266. The third kappa shape index (κ3) is 5.01. The molecule has 36 heavy (non-hydrogen) atoms. The number of benzene rings is 2. The third-order valence-corrected chi connectivity index (χ3v) is 7.57. The lowest BCUT2D eigenvalue weighted by atomic mass is 10.00. The molecule has 0 unspecified atom stereocenters. The van der Waals surface area contributed by atoms with Crippen molar-refractivity contribution in [2.24, 2.45) is 0 Å². The highest BCUT2D eigenvalue weighted by Crippen LogP contribution is 2.32. The molecule has 0 aliphatic carbocycles. The Morgan fingerprint density at radius 2 is 1.50 bits per heavy atom. The maximum Gasteiger partial charge on any atom is 0.416 e. The Morgan fingerprint density at radius 3 is 2.11 bits per heavy atom. The SMILES string of the molecule is O=C(c1ccc(-c2cccc(C(F)(F)F)c2)cc1)N1CC(N2CCN(C(=O)c3ccc(F)s3)CC2)C1. The molecule has 10 heteroatoms. The van der Waals surface area contributed by atoms with E-state index < -0.39 is 11.7 Å². The molecule has 0 radical (unpaired) electrons. The van der Waals surface area contributed by atoms with Crippen LogP contribution >= 0.6 is 11.3 Å². The molecule has 0 saturated carbocycles. The molecule has 5 rings (SSSR count). The van der Waals surface area contributed by atoms with E-state index >= 15 is 0 Å². The van der Waals surface area contributed by atoms with E-state index in [9.17, 15) is 27.2 Å². The van der Waals surface area contributed by atoms with Gasteiger partial charge in [0.15, 0.2) is 5.13 Å². The number of nitrogens with zero attached hydrogens (tertiary/aromatic N) is 3. The summed E-state index contributed by atoms with van der Waals surface area (Å²) in [5, 5.41) is -0.374. The van der Waals surface area contributed by atoms with Gasteiger partial charge < -0.3 is 9.80 Å². The number of rotatable bonds is 4. The molecule has 2 aromatic carbocycles. The lowest BCUT2D eigenvalue weighted by Gasteiger charge is -2.48. The van der Waals surface area contributed by atoms with Gasteiger partial charge in [-0.1, -0.05) is 24.3 Å². The molecule has 3 aromatic rings. The standard InChI is InChI=1S/C26H23F4N3O2S/c27-23-9-8-22(36-23)25(35)32-12-10-31(11-13-32)21-15-33(16-21)24(34)18-6-4-17(5-7-18)19-2-1-3-20(14-19)26(28,29)30/h1-9,14,21H,10-13,15-16H2. The van der Waals surface area contributed by atoms with Gasteiger partial charge in [-0.3, -0.25) is 14.5 Å². The van der Waals surface area contributed by atoms with E-state index in [1.54, 1.807) is 40.1 Å². The van der Waals surface area contributed by atoms with Gasteiger partial charge in [0.2, 0.25) is 0 Å². The van der Waals surface area contributed by atoms with Crippen molar-refractivity contribution in [3.63, 3.8) is 0 Å². The summed E-state index contributed by atoms with van der Waals surface area (Å²) in [6.45, 7) is 3.66. The van der Waals surface area contributed by atoms with E-state index in [2.05, 4.69) is 4.90 Å². The largest absolute Gasteiger partial charge is 0.416 e. The second-order valence-corrected chi connectivity index (χ2v) is 9.99. The minimum absolute atomic E-state index is 0.115. The van der Waals surface area contributed by atoms with E-state index in [-0.39, 0.29) is 23.0 Å². The van der Waals surface area contributed by atoms with Crippen LogP contribution in [0.4, 0.5) is 17.6 Å². The molecular weight excluding hydrogens is 494 g/mol. The van der Waals surface area contributed by atoms with Crippen molar-refractivity contribution in [1.29, 1.82) is 0 Å². The topological polar surface area (TPSA) is 43.9 Å². The monoisotopic (exact) mass is 517 g/mol. The number of carbonyl (C=O) groups excluding carboxylic acids is 2. The summed E-state index contributed by atoms with van der Waals surface area (Å²) >= 11 is 0.854. The molecule has 3 heterocycles. The molecule has 0 N–H and O–H groups in total. The number of amides is 2. The van der Waals surface area contributed by atoms with E-state index in [1.807, 2.05) is 0 Å².